The zero-order valence-corrected chi connectivity index (χ0v) is 12.4. The number of hydrogen-bond acceptors (Lipinski definition) is 4. The van der Waals surface area contributed by atoms with Crippen molar-refractivity contribution >= 4 is 17.7 Å². The van der Waals surface area contributed by atoms with E-state index in [1.165, 1.54) is 0 Å². The fourth-order valence-corrected chi connectivity index (χ4v) is 2.09. The minimum absolute atomic E-state index is 0.0977. The van der Waals surface area contributed by atoms with Crippen molar-refractivity contribution in [3.8, 4) is 0 Å². The number of hydrogen-bond donors (Lipinski definition) is 2. The van der Waals surface area contributed by atoms with Crippen LogP contribution in [0.2, 0.25) is 0 Å². The Morgan fingerprint density at radius 2 is 2.05 bits per heavy atom. The van der Waals surface area contributed by atoms with E-state index < -0.39 is 5.97 Å². The third-order valence-corrected chi connectivity index (χ3v) is 2.95. The highest BCUT2D eigenvalue weighted by Gasteiger charge is 2.21. The molecule has 1 aromatic heterocycles. The quantitative estimate of drug-likeness (QED) is 0.821. The number of carbonyl (C=O) groups excluding carboxylic acids is 1. The van der Waals surface area contributed by atoms with E-state index in [2.05, 4.69) is 10.3 Å². The smallest absolute Gasteiger partial charge is 0.339 e. The summed E-state index contributed by atoms with van der Waals surface area (Å²) in [4.78, 5) is 29.1. The number of aryl methyl sites for hydroxylation is 2. The molecule has 6 nitrogen and oxygen atoms in total. The molecular weight excluding hydrogens is 258 g/mol. The van der Waals surface area contributed by atoms with Gasteiger partial charge in [0, 0.05) is 19.3 Å². The molecule has 0 bridgehead atoms. The van der Waals surface area contributed by atoms with Crippen LogP contribution < -0.4 is 10.2 Å². The number of carbonyl (C=O) groups is 2. The number of aromatic carboxylic acids is 1. The van der Waals surface area contributed by atoms with Crippen molar-refractivity contribution in [3.63, 3.8) is 0 Å². The predicted molar refractivity (Wildman–Crippen MR) is 77.2 cm³/mol. The number of amides is 1. The first-order chi connectivity index (χ1) is 9.40. The highest BCUT2D eigenvalue weighted by molar-refractivity contribution is 5.96. The van der Waals surface area contributed by atoms with Gasteiger partial charge in [0.25, 0.3) is 0 Å². The van der Waals surface area contributed by atoms with Gasteiger partial charge < -0.3 is 15.3 Å². The maximum Gasteiger partial charge on any atom is 0.339 e. The van der Waals surface area contributed by atoms with Crippen LogP contribution in [-0.2, 0) is 4.79 Å². The van der Waals surface area contributed by atoms with E-state index in [0.717, 1.165) is 12.1 Å². The van der Waals surface area contributed by atoms with Gasteiger partial charge in [-0.2, -0.15) is 0 Å². The van der Waals surface area contributed by atoms with Crippen LogP contribution in [0.15, 0.2) is 6.07 Å². The van der Waals surface area contributed by atoms with Crippen LogP contribution in [0.4, 0.5) is 5.82 Å². The maximum atomic E-state index is 11.6. The second-order valence-electron chi connectivity index (χ2n) is 4.68. The van der Waals surface area contributed by atoms with Gasteiger partial charge in [0.05, 0.1) is 6.54 Å². The number of nitrogens with one attached hydrogen (secondary N) is 1. The Hall–Kier alpha value is -2.11. The average Bonchev–Trinajstić information content (AvgIpc) is 2.36. The molecule has 0 aliphatic carbocycles. The molecule has 0 aliphatic rings. The van der Waals surface area contributed by atoms with Crippen molar-refractivity contribution in [2.75, 3.05) is 25.0 Å². The van der Waals surface area contributed by atoms with Crippen LogP contribution in [0.3, 0.4) is 0 Å². The van der Waals surface area contributed by atoms with Crippen LogP contribution in [0.1, 0.15) is 35.0 Å². The summed E-state index contributed by atoms with van der Waals surface area (Å²) in [5.74, 6) is -0.834. The Bertz CT molecular complexity index is 515. The van der Waals surface area contributed by atoms with Crippen LogP contribution >= 0.6 is 0 Å². The number of pyridine rings is 1. The van der Waals surface area contributed by atoms with E-state index in [-0.39, 0.29) is 18.0 Å². The molecule has 0 atom stereocenters. The monoisotopic (exact) mass is 279 g/mol. The van der Waals surface area contributed by atoms with Crippen molar-refractivity contribution in [1.29, 1.82) is 0 Å². The highest BCUT2D eigenvalue weighted by Crippen LogP contribution is 2.23. The molecule has 1 aromatic rings. The first kappa shape index (κ1) is 15.9. The van der Waals surface area contributed by atoms with Crippen molar-refractivity contribution in [1.82, 2.24) is 10.3 Å². The first-order valence-electron chi connectivity index (χ1n) is 6.57. The highest BCUT2D eigenvalue weighted by atomic mass is 16.4. The number of anilines is 1. The average molecular weight is 279 g/mol. The zero-order valence-electron chi connectivity index (χ0n) is 12.4. The molecule has 6 heteroatoms. The molecule has 110 valence electrons. The molecule has 0 spiro atoms. The molecule has 2 N–H and O–H groups in total. The van der Waals surface area contributed by atoms with E-state index in [1.807, 2.05) is 13.8 Å². The summed E-state index contributed by atoms with van der Waals surface area (Å²) in [7, 11) is 1.56. The van der Waals surface area contributed by atoms with E-state index in [0.29, 0.717) is 17.9 Å². The van der Waals surface area contributed by atoms with Crippen molar-refractivity contribution in [2.45, 2.75) is 27.2 Å². The van der Waals surface area contributed by atoms with Crippen molar-refractivity contribution < 1.29 is 14.7 Å². The Morgan fingerprint density at radius 1 is 1.40 bits per heavy atom. The van der Waals surface area contributed by atoms with Crippen LogP contribution in [0, 0.1) is 13.8 Å². The summed E-state index contributed by atoms with van der Waals surface area (Å²) in [6, 6.07) is 1.73. The molecular formula is C14H21N3O3. The fraction of sp³-hybridized carbons (Fsp3) is 0.500. The third kappa shape index (κ3) is 3.69. The summed E-state index contributed by atoms with van der Waals surface area (Å²) in [5, 5.41) is 11.9. The van der Waals surface area contributed by atoms with Gasteiger partial charge in [0.2, 0.25) is 5.91 Å². The molecule has 0 fully saturated rings. The molecule has 0 saturated heterocycles. The summed E-state index contributed by atoms with van der Waals surface area (Å²) >= 11 is 0. The predicted octanol–water partition coefficient (Wildman–Crippen LogP) is 1.36. The van der Waals surface area contributed by atoms with Gasteiger partial charge >= 0.3 is 5.97 Å². The lowest BCUT2D eigenvalue weighted by Gasteiger charge is -2.25. The van der Waals surface area contributed by atoms with Gasteiger partial charge in [-0.3, -0.25) is 4.79 Å². The van der Waals surface area contributed by atoms with E-state index in [4.69, 9.17) is 0 Å². The Kier molecular flexibility index (Phi) is 5.49. The fourth-order valence-electron chi connectivity index (χ4n) is 2.09. The number of carboxylic acids is 1. The van der Waals surface area contributed by atoms with Gasteiger partial charge in [-0.25, -0.2) is 9.78 Å². The normalized spacial score (nSPS) is 10.2. The number of nitrogens with zero attached hydrogens (tertiary/aromatic N) is 2. The van der Waals surface area contributed by atoms with Crippen LogP contribution in [-0.4, -0.2) is 42.1 Å². The molecule has 20 heavy (non-hydrogen) atoms. The molecule has 1 heterocycles. The van der Waals surface area contributed by atoms with Gasteiger partial charge in [-0.05, 0) is 31.9 Å². The van der Waals surface area contributed by atoms with Gasteiger partial charge in [-0.15, -0.1) is 0 Å². The second kappa shape index (κ2) is 6.88. The Labute approximate surface area is 118 Å². The second-order valence-corrected chi connectivity index (χ2v) is 4.68. The lowest BCUT2D eigenvalue weighted by molar-refractivity contribution is -0.119. The summed E-state index contributed by atoms with van der Waals surface area (Å²) in [6.45, 7) is 6.20. The largest absolute Gasteiger partial charge is 0.478 e. The van der Waals surface area contributed by atoms with Gasteiger partial charge in [-0.1, -0.05) is 6.92 Å². The van der Waals surface area contributed by atoms with Crippen LogP contribution in [0.5, 0.6) is 0 Å². The maximum absolute atomic E-state index is 11.6. The SMILES string of the molecule is CCCN(CC(=O)NC)c1nc(C)cc(C)c1C(=O)O. The van der Waals surface area contributed by atoms with E-state index >= 15 is 0 Å². The minimum Gasteiger partial charge on any atom is -0.478 e. The molecule has 0 aliphatic heterocycles. The lowest BCUT2D eigenvalue weighted by atomic mass is 10.1. The summed E-state index contributed by atoms with van der Waals surface area (Å²) in [5.41, 5.74) is 1.55. The lowest BCUT2D eigenvalue weighted by Crippen LogP contribution is -2.37. The molecule has 0 unspecified atom stereocenters. The van der Waals surface area contributed by atoms with Gasteiger partial charge in [0.15, 0.2) is 0 Å². The zero-order chi connectivity index (χ0) is 15.3. The van der Waals surface area contributed by atoms with Gasteiger partial charge in [0.1, 0.15) is 11.4 Å². The van der Waals surface area contributed by atoms with E-state index in [1.54, 1.807) is 24.9 Å². The summed E-state index contributed by atoms with van der Waals surface area (Å²) < 4.78 is 0. The number of carboxylic acid groups (broad SMARTS) is 1. The Balaban J connectivity index is 3.30. The third-order valence-electron chi connectivity index (χ3n) is 2.95. The molecule has 0 radical (unpaired) electrons. The topological polar surface area (TPSA) is 82.5 Å². The standard InChI is InChI=1S/C14H21N3O3/c1-5-6-17(8-11(18)15-4)13-12(14(19)20)9(2)7-10(3)16-13/h7H,5-6,8H2,1-4H3,(H,15,18)(H,19,20). The van der Waals surface area contributed by atoms with Crippen molar-refractivity contribution in [2.24, 2.45) is 0 Å². The Morgan fingerprint density at radius 3 is 2.55 bits per heavy atom. The summed E-state index contributed by atoms with van der Waals surface area (Å²) in [6.07, 6.45) is 0.796. The number of rotatable bonds is 6. The number of likely N-dealkylation sites (N-methyl/N-ethyl adjacent to an activating group) is 1. The molecule has 1 rings (SSSR count). The molecule has 0 saturated carbocycles. The first-order valence-corrected chi connectivity index (χ1v) is 6.57. The molecule has 1 amide bonds. The van der Waals surface area contributed by atoms with Crippen molar-refractivity contribution in [3.05, 3.63) is 22.9 Å². The number of aromatic nitrogens is 1. The van der Waals surface area contributed by atoms with Crippen LogP contribution in [0.25, 0.3) is 0 Å². The minimum atomic E-state index is -1.02. The molecule has 0 aromatic carbocycles. The van der Waals surface area contributed by atoms with E-state index in [9.17, 15) is 14.7 Å².